The molecule has 1 aliphatic rings. The fraction of sp³-hybridized carbons (Fsp3) is 0.250. The van der Waals surface area contributed by atoms with E-state index in [2.05, 4.69) is 0 Å². The van der Waals surface area contributed by atoms with Gasteiger partial charge in [-0.25, -0.2) is 4.79 Å². The lowest BCUT2D eigenvalue weighted by Gasteiger charge is -2.25. The topological polar surface area (TPSA) is 102 Å². The van der Waals surface area contributed by atoms with Gasteiger partial charge in [-0.15, -0.1) is 0 Å². The van der Waals surface area contributed by atoms with Gasteiger partial charge in [0.15, 0.2) is 11.7 Å². The van der Waals surface area contributed by atoms with Crippen LogP contribution in [0.2, 0.25) is 0 Å². The summed E-state index contributed by atoms with van der Waals surface area (Å²) in [6.45, 7) is 0. The molecule has 8 heteroatoms. The molecule has 0 aliphatic carbocycles. The van der Waals surface area contributed by atoms with Gasteiger partial charge in [-0.05, 0) is 30.4 Å². The van der Waals surface area contributed by atoms with Crippen LogP contribution in [-0.4, -0.2) is 49.8 Å². The number of carbonyl (C=O) groups is 4. The summed E-state index contributed by atoms with van der Waals surface area (Å²) in [4.78, 5) is 48.0. The largest absolute Gasteiger partial charge is 0.497 e. The van der Waals surface area contributed by atoms with E-state index in [0.29, 0.717) is 22.0 Å². The van der Waals surface area contributed by atoms with Crippen molar-refractivity contribution in [1.82, 2.24) is 10.2 Å². The highest BCUT2D eigenvalue weighted by molar-refractivity contribution is 6.28. The van der Waals surface area contributed by atoms with Crippen molar-refractivity contribution in [2.75, 3.05) is 21.3 Å². The first kappa shape index (κ1) is 17.2. The summed E-state index contributed by atoms with van der Waals surface area (Å²) in [6, 6.07) is 4.14. The van der Waals surface area contributed by atoms with Crippen LogP contribution in [0.15, 0.2) is 24.3 Å². The van der Waals surface area contributed by atoms with Crippen molar-refractivity contribution in [2.45, 2.75) is 0 Å². The molecule has 0 aromatic heterocycles. The van der Waals surface area contributed by atoms with Crippen molar-refractivity contribution in [3.8, 4) is 11.5 Å². The Morgan fingerprint density at radius 2 is 1.92 bits per heavy atom. The van der Waals surface area contributed by atoms with E-state index in [9.17, 15) is 19.2 Å². The lowest BCUT2D eigenvalue weighted by molar-refractivity contribution is -0.145. The number of hydrogen-bond donors (Lipinski definition) is 1. The molecule has 126 valence electrons. The number of ether oxygens (including phenoxy) is 2. The Labute approximate surface area is 138 Å². The number of methoxy groups -OCH3 is 2. The number of rotatable bonds is 5. The standard InChI is InChI=1S/C16H16N2O6/c1-18-15(21)13(14(20)17-16(18)22)11(19)6-4-9-8-10(23-2)5-7-12(9)24-3/h4-8,13H,1-3H3,(H,17,20,22)/b6-4+/t13-/m1/s1. The van der Waals surface area contributed by atoms with Gasteiger partial charge in [0.05, 0.1) is 14.2 Å². The smallest absolute Gasteiger partial charge is 0.330 e. The zero-order valence-corrected chi connectivity index (χ0v) is 13.4. The molecule has 1 aromatic carbocycles. The van der Waals surface area contributed by atoms with E-state index in [4.69, 9.17) is 9.47 Å². The van der Waals surface area contributed by atoms with Crippen LogP contribution in [0.1, 0.15) is 5.56 Å². The second-order valence-electron chi connectivity index (χ2n) is 4.97. The second-order valence-corrected chi connectivity index (χ2v) is 4.97. The molecule has 1 aliphatic heterocycles. The number of barbiturate groups is 1. The van der Waals surface area contributed by atoms with E-state index in [1.54, 1.807) is 18.2 Å². The highest BCUT2D eigenvalue weighted by atomic mass is 16.5. The maximum atomic E-state index is 12.2. The summed E-state index contributed by atoms with van der Waals surface area (Å²) in [5.74, 6) is -3.07. The van der Waals surface area contributed by atoms with Crippen LogP contribution >= 0.6 is 0 Å². The van der Waals surface area contributed by atoms with Gasteiger partial charge in [0.25, 0.3) is 5.91 Å². The molecule has 0 bridgehead atoms. The SMILES string of the molecule is COc1ccc(OC)c(/C=C/C(=O)[C@@H]2C(=O)NC(=O)N(C)C2=O)c1. The lowest BCUT2D eigenvalue weighted by atomic mass is 9.98. The zero-order chi connectivity index (χ0) is 17.9. The molecule has 8 nitrogen and oxygen atoms in total. The maximum Gasteiger partial charge on any atom is 0.330 e. The second kappa shape index (κ2) is 6.95. The average Bonchev–Trinajstić information content (AvgIpc) is 2.57. The van der Waals surface area contributed by atoms with E-state index in [1.165, 1.54) is 27.3 Å². The number of imide groups is 2. The number of carbonyl (C=O) groups excluding carboxylic acids is 4. The molecule has 0 radical (unpaired) electrons. The molecule has 0 saturated carbocycles. The first-order valence-electron chi connectivity index (χ1n) is 6.95. The Balaban J connectivity index is 2.26. The molecule has 1 atom stereocenters. The quantitative estimate of drug-likeness (QED) is 0.626. The molecule has 1 saturated heterocycles. The minimum Gasteiger partial charge on any atom is -0.497 e. The molecule has 1 fully saturated rings. The summed E-state index contributed by atoms with van der Waals surface area (Å²) in [5, 5.41) is 1.96. The number of benzene rings is 1. The summed E-state index contributed by atoms with van der Waals surface area (Å²) < 4.78 is 10.3. The van der Waals surface area contributed by atoms with Gasteiger partial charge < -0.3 is 9.47 Å². The molecule has 24 heavy (non-hydrogen) atoms. The van der Waals surface area contributed by atoms with Crippen molar-refractivity contribution >= 4 is 29.7 Å². The van der Waals surface area contributed by atoms with E-state index in [0.717, 1.165) is 6.08 Å². The predicted octanol–water partition coefficient (Wildman–Crippen LogP) is 0.610. The molecule has 0 spiro atoms. The maximum absolute atomic E-state index is 12.2. The Bertz CT molecular complexity index is 740. The molecular weight excluding hydrogens is 316 g/mol. The van der Waals surface area contributed by atoms with E-state index in [-0.39, 0.29) is 0 Å². The third-order valence-electron chi connectivity index (χ3n) is 3.52. The number of hydrogen-bond acceptors (Lipinski definition) is 6. The zero-order valence-electron chi connectivity index (χ0n) is 13.4. The number of allylic oxidation sites excluding steroid dienone is 1. The van der Waals surface area contributed by atoms with E-state index in [1.807, 2.05) is 5.32 Å². The van der Waals surface area contributed by atoms with Gasteiger partial charge in [0, 0.05) is 12.6 Å². The predicted molar refractivity (Wildman–Crippen MR) is 83.4 cm³/mol. The van der Waals surface area contributed by atoms with Gasteiger partial charge >= 0.3 is 6.03 Å². The summed E-state index contributed by atoms with van der Waals surface area (Å²) in [5.41, 5.74) is 0.540. The Morgan fingerprint density at radius 1 is 1.21 bits per heavy atom. The van der Waals surface area contributed by atoms with Crippen LogP contribution in [0.3, 0.4) is 0 Å². The third kappa shape index (κ3) is 3.27. The molecule has 1 heterocycles. The highest BCUT2D eigenvalue weighted by Crippen LogP contribution is 2.25. The lowest BCUT2D eigenvalue weighted by Crippen LogP contribution is -2.58. The number of ketones is 1. The molecular formula is C16H16N2O6. The number of urea groups is 1. The normalized spacial score (nSPS) is 17.9. The van der Waals surface area contributed by atoms with Crippen molar-refractivity contribution < 1.29 is 28.7 Å². The summed E-state index contributed by atoms with van der Waals surface area (Å²) >= 11 is 0. The van der Waals surface area contributed by atoms with Gasteiger partial charge in [-0.3, -0.25) is 24.6 Å². The van der Waals surface area contributed by atoms with Crippen LogP contribution in [0.25, 0.3) is 6.08 Å². The number of nitrogens with zero attached hydrogens (tertiary/aromatic N) is 1. The minimum atomic E-state index is -1.58. The van der Waals surface area contributed by atoms with Crippen molar-refractivity contribution in [3.05, 3.63) is 29.8 Å². The van der Waals surface area contributed by atoms with E-state index < -0.39 is 29.5 Å². The van der Waals surface area contributed by atoms with Crippen LogP contribution in [0.4, 0.5) is 4.79 Å². The Kier molecular flexibility index (Phi) is 4.98. The van der Waals surface area contributed by atoms with Gasteiger partial charge in [0.1, 0.15) is 11.5 Å². The fourth-order valence-electron chi connectivity index (χ4n) is 2.16. The van der Waals surface area contributed by atoms with Crippen LogP contribution in [0, 0.1) is 5.92 Å². The van der Waals surface area contributed by atoms with Crippen LogP contribution in [-0.2, 0) is 14.4 Å². The van der Waals surface area contributed by atoms with Crippen LogP contribution < -0.4 is 14.8 Å². The van der Waals surface area contributed by atoms with Gasteiger partial charge in [-0.1, -0.05) is 0 Å². The van der Waals surface area contributed by atoms with Crippen molar-refractivity contribution in [1.29, 1.82) is 0 Å². The van der Waals surface area contributed by atoms with Crippen molar-refractivity contribution in [3.63, 3.8) is 0 Å². The van der Waals surface area contributed by atoms with E-state index >= 15 is 0 Å². The fourth-order valence-corrected chi connectivity index (χ4v) is 2.16. The molecule has 2 rings (SSSR count). The Morgan fingerprint density at radius 3 is 2.54 bits per heavy atom. The number of nitrogens with one attached hydrogen (secondary N) is 1. The molecule has 4 amide bonds. The summed E-state index contributed by atoms with van der Waals surface area (Å²) in [7, 11) is 4.16. The minimum absolute atomic E-state index is 0.492. The first-order valence-corrected chi connectivity index (χ1v) is 6.95. The first-order chi connectivity index (χ1) is 11.4. The molecule has 1 N–H and O–H groups in total. The molecule has 1 aromatic rings. The monoisotopic (exact) mass is 332 g/mol. The summed E-state index contributed by atoms with van der Waals surface area (Å²) in [6.07, 6.45) is 2.52. The third-order valence-corrected chi connectivity index (χ3v) is 3.52. The van der Waals surface area contributed by atoms with Crippen LogP contribution in [0.5, 0.6) is 11.5 Å². The van der Waals surface area contributed by atoms with Crippen molar-refractivity contribution in [2.24, 2.45) is 5.92 Å². The van der Waals surface area contributed by atoms with Gasteiger partial charge in [0.2, 0.25) is 5.91 Å². The molecule has 0 unspecified atom stereocenters. The Hall–Kier alpha value is -3.16. The average molecular weight is 332 g/mol. The highest BCUT2D eigenvalue weighted by Gasteiger charge is 2.42. The van der Waals surface area contributed by atoms with Gasteiger partial charge in [-0.2, -0.15) is 0 Å². The number of amides is 4.